The van der Waals surface area contributed by atoms with Crippen LogP contribution in [0.25, 0.3) is 5.13 Å². The smallest absolute Gasteiger partial charge is 0.223 e. The molecule has 43 heavy (non-hydrogen) atoms. The van der Waals surface area contributed by atoms with Gasteiger partial charge in [-0.3, -0.25) is 9.36 Å². The maximum Gasteiger partial charge on any atom is 0.223 e. The number of benzene rings is 2. The van der Waals surface area contributed by atoms with Crippen molar-refractivity contribution in [3.05, 3.63) is 78.1 Å². The van der Waals surface area contributed by atoms with Gasteiger partial charge < -0.3 is 25.2 Å². The minimum atomic E-state index is 0.0485. The molecule has 0 spiro atoms. The highest BCUT2D eigenvalue weighted by molar-refractivity contribution is 7.17. The van der Waals surface area contributed by atoms with E-state index in [0.717, 1.165) is 72.8 Å². The average Bonchev–Trinajstić information content (AvgIpc) is 3.71. The van der Waals surface area contributed by atoms with Crippen molar-refractivity contribution in [2.45, 2.75) is 46.6 Å². The van der Waals surface area contributed by atoms with Crippen molar-refractivity contribution in [2.75, 3.05) is 54.4 Å². The molecule has 5 rings (SSSR count). The molecular weight excluding hydrogens is 558 g/mol. The van der Waals surface area contributed by atoms with E-state index in [0.29, 0.717) is 19.7 Å². The third-order valence-corrected chi connectivity index (χ3v) is 8.85. The van der Waals surface area contributed by atoms with Gasteiger partial charge in [0.2, 0.25) is 16.2 Å². The highest BCUT2D eigenvalue weighted by Crippen LogP contribution is 2.29. The van der Waals surface area contributed by atoms with Crippen LogP contribution in [0.15, 0.2) is 66.9 Å². The molecule has 0 atom stereocenters. The number of amides is 1. The van der Waals surface area contributed by atoms with Crippen molar-refractivity contribution in [1.29, 1.82) is 0 Å². The minimum Gasteiger partial charge on any atom is -0.494 e. The fourth-order valence-corrected chi connectivity index (χ4v) is 6.38. The molecule has 10 heteroatoms. The Morgan fingerprint density at radius 3 is 2.58 bits per heavy atom. The Morgan fingerprint density at radius 2 is 1.84 bits per heavy atom. The quantitative estimate of drug-likeness (QED) is 0.174. The van der Waals surface area contributed by atoms with Gasteiger partial charge in [0, 0.05) is 61.9 Å². The predicted octanol–water partition coefficient (Wildman–Crippen LogP) is 5.90. The molecule has 1 amide bonds. The summed E-state index contributed by atoms with van der Waals surface area (Å²) in [5.74, 6) is 1.09. The number of piperidine rings is 1. The lowest BCUT2D eigenvalue weighted by atomic mass is 9.96. The second-order valence-corrected chi connectivity index (χ2v) is 11.8. The topological polar surface area (TPSA) is 87.5 Å². The van der Waals surface area contributed by atoms with E-state index in [-0.39, 0.29) is 11.8 Å². The highest BCUT2D eigenvalue weighted by Gasteiger charge is 2.26. The molecule has 1 saturated heterocycles. The normalized spacial score (nSPS) is 13.6. The summed E-state index contributed by atoms with van der Waals surface area (Å²) in [6.45, 7) is 11.8. The molecule has 0 unspecified atom stereocenters. The monoisotopic (exact) mass is 601 g/mol. The van der Waals surface area contributed by atoms with Gasteiger partial charge >= 0.3 is 0 Å². The molecule has 1 aliphatic rings. The Bertz CT molecular complexity index is 1440. The second kappa shape index (κ2) is 14.9. The number of hydrogen-bond donors (Lipinski definition) is 2. The first kappa shape index (κ1) is 30.4. The van der Waals surface area contributed by atoms with E-state index >= 15 is 0 Å². The van der Waals surface area contributed by atoms with Crippen molar-refractivity contribution in [2.24, 2.45) is 5.92 Å². The lowest BCUT2D eigenvalue weighted by Crippen LogP contribution is -2.41. The van der Waals surface area contributed by atoms with Crippen molar-refractivity contribution in [1.82, 2.24) is 20.1 Å². The number of anilines is 3. The number of carbonyl (C=O) groups excluding carboxylic acids is 1. The fourth-order valence-electron chi connectivity index (χ4n) is 5.46. The van der Waals surface area contributed by atoms with E-state index in [1.54, 1.807) is 11.3 Å². The molecule has 4 aromatic rings. The summed E-state index contributed by atoms with van der Waals surface area (Å²) in [5, 5.41) is 17.4. The van der Waals surface area contributed by atoms with Crippen LogP contribution >= 0.6 is 11.3 Å². The number of ether oxygens (including phenoxy) is 1. The van der Waals surface area contributed by atoms with E-state index in [4.69, 9.17) is 4.74 Å². The molecule has 3 heterocycles. The first-order chi connectivity index (χ1) is 21.0. The number of aromatic nitrogens is 3. The number of hydrogen-bond acceptors (Lipinski definition) is 8. The van der Waals surface area contributed by atoms with Gasteiger partial charge in [-0.25, -0.2) is 0 Å². The van der Waals surface area contributed by atoms with Gasteiger partial charge in [0.25, 0.3) is 0 Å². The van der Waals surface area contributed by atoms with Crippen LogP contribution in [0.2, 0.25) is 0 Å². The van der Waals surface area contributed by atoms with Crippen LogP contribution in [-0.4, -0.2) is 60.0 Å². The van der Waals surface area contributed by atoms with Crippen molar-refractivity contribution >= 4 is 33.8 Å². The van der Waals surface area contributed by atoms with Crippen LogP contribution in [0, 0.1) is 12.8 Å². The molecule has 0 aliphatic carbocycles. The Balaban J connectivity index is 1.06. The van der Waals surface area contributed by atoms with E-state index in [1.165, 1.54) is 11.3 Å². The van der Waals surface area contributed by atoms with E-state index in [9.17, 15) is 4.79 Å². The lowest BCUT2D eigenvalue weighted by Gasteiger charge is -2.30. The molecule has 0 radical (unpaired) electrons. The number of nitrogens with zero attached hydrogens (tertiary/aromatic N) is 5. The Morgan fingerprint density at radius 1 is 1.05 bits per heavy atom. The van der Waals surface area contributed by atoms with Crippen LogP contribution < -0.4 is 25.2 Å². The average molecular weight is 602 g/mol. The molecule has 1 fully saturated rings. The van der Waals surface area contributed by atoms with Gasteiger partial charge in [-0.05, 0) is 94.1 Å². The van der Waals surface area contributed by atoms with Gasteiger partial charge in [0.1, 0.15) is 5.75 Å². The summed E-state index contributed by atoms with van der Waals surface area (Å²) >= 11 is 1.59. The Kier molecular flexibility index (Phi) is 10.5. The molecule has 1 aliphatic heterocycles. The summed E-state index contributed by atoms with van der Waals surface area (Å²) in [6.07, 6.45) is 4.60. The maximum absolute atomic E-state index is 12.9. The van der Waals surface area contributed by atoms with Crippen LogP contribution in [0.3, 0.4) is 0 Å². The van der Waals surface area contributed by atoms with E-state index in [2.05, 4.69) is 79.4 Å². The zero-order chi connectivity index (χ0) is 30.0. The highest BCUT2D eigenvalue weighted by atomic mass is 32.1. The van der Waals surface area contributed by atoms with Crippen LogP contribution in [-0.2, 0) is 11.3 Å². The van der Waals surface area contributed by atoms with Crippen molar-refractivity contribution in [3.8, 4) is 10.9 Å². The van der Waals surface area contributed by atoms with Gasteiger partial charge in [-0.2, -0.15) is 0 Å². The number of nitrogens with one attached hydrogen (secondary N) is 2. The third kappa shape index (κ3) is 8.07. The van der Waals surface area contributed by atoms with Gasteiger partial charge in [0.15, 0.2) is 0 Å². The first-order valence-electron chi connectivity index (χ1n) is 15.3. The van der Waals surface area contributed by atoms with Gasteiger partial charge in [-0.1, -0.05) is 23.5 Å². The molecule has 9 nitrogen and oxygen atoms in total. The summed E-state index contributed by atoms with van der Waals surface area (Å²) in [4.78, 5) is 17.5. The van der Waals surface area contributed by atoms with Crippen LogP contribution in [0.4, 0.5) is 16.5 Å². The molecule has 0 bridgehead atoms. The zero-order valence-corrected chi connectivity index (χ0v) is 26.3. The molecule has 0 saturated carbocycles. The number of aryl methyl sites for hydroxylation is 1. The molecule has 228 valence electrons. The van der Waals surface area contributed by atoms with E-state index < -0.39 is 0 Å². The summed E-state index contributed by atoms with van der Waals surface area (Å²) in [6, 6.07) is 20.7. The fraction of sp³-hybridized carbons (Fsp3) is 0.424. The summed E-state index contributed by atoms with van der Waals surface area (Å²) in [7, 11) is 0. The standard InChI is InChI=1S/C33H43N7O2S/c1-4-38(28-10-6-9-25(3)23-28)19-8-18-34-31(41)26-16-21-39(22-17-26)32-36-37-33(43-32)40-20-7-11-29(40)24-35-27-12-14-30(15-13-27)42-5-2/h6-7,9-15,20,23,26,35H,4-5,8,16-19,21-22,24H2,1-3H3,(H,34,41). The van der Waals surface area contributed by atoms with E-state index in [1.807, 2.05) is 43.5 Å². The molecular formula is C33H43N7O2S. The predicted molar refractivity (Wildman–Crippen MR) is 176 cm³/mol. The van der Waals surface area contributed by atoms with Crippen molar-refractivity contribution in [3.63, 3.8) is 0 Å². The Labute approximate surface area is 258 Å². The van der Waals surface area contributed by atoms with Crippen LogP contribution in [0.1, 0.15) is 44.4 Å². The van der Waals surface area contributed by atoms with Gasteiger partial charge in [-0.15, -0.1) is 10.2 Å². The molecule has 2 aromatic heterocycles. The second-order valence-electron chi connectivity index (χ2n) is 10.9. The minimum absolute atomic E-state index is 0.0485. The number of carbonyl (C=O) groups is 1. The van der Waals surface area contributed by atoms with Crippen LogP contribution in [0.5, 0.6) is 5.75 Å². The van der Waals surface area contributed by atoms with Gasteiger partial charge in [0.05, 0.1) is 13.2 Å². The summed E-state index contributed by atoms with van der Waals surface area (Å²) < 4.78 is 7.62. The van der Waals surface area contributed by atoms with Crippen molar-refractivity contribution < 1.29 is 9.53 Å². The maximum atomic E-state index is 12.9. The zero-order valence-electron chi connectivity index (χ0n) is 25.5. The third-order valence-electron chi connectivity index (χ3n) is 7.87. The first-order valence-corrected chi connectivity index (χ1v) is 16.2. The molecule has 2 N–H and O–H groups in total. The largest absolute Gasteiger partial charge is 0.494 e. The SMILES string of the molecule is CCOc1ccc(NCc2cccn2-c2nnc(N3CCC(C(=O)NCCCN(CC)c4cccc(C)c4)CC3)s2)cc1. The lowest BCUT2D eigenvalue weighted by molar-refractivity contribution is -0.125. The molecule has 2 aromatic carbocycles. The summed E-state index contributed by atoms with van der Waals surface area (Å²) in [5.41, 5.74) is 4.65. The Hall–Kier alpha value is -4.05. The number of rotatable bonds is 14.